The molecule has 1 saturated heterocycles. The molecule has 31 heavy (non-hydrogen) atoms. The van der Waals surface area contributed by atoms with Crippen LogP contribution >= 0.6 is 24.0 Å². The van der Waals surface area contributed by atoms with Gasteiger partial charge in [-0.25, -0.2) is 4.99 Å². The Morgan fingerprint density at radius 2 is 2.10 bits per heavy atom. The number of hydrogen-bond donors (Lipinski definition) is 1. The molecule has 0 spiro atoms. The quantitative estimate of drug-likeness (QED) is 0.198. The summed E-state index contributed by atoms with van der Waals surface area (Å²) in [6.07, 6.45) is 5.67. The molecule has 0 aliphatic carbocycles. The van der Waals surface area contributed by atoms with Crippen LogP contribution in [-0.2, 0) is 20.7 Å². The van der Waals surface area contributed by atoms with Crippen molar-refractivity contribution in [2.45, 2.75) is 38.7 Å². The number of methoxy groups -OCH3 is 1. The first-order chi connectivity index (χ1) is 14.6. The predicted octanol–water partition coefficient (Wildman–Crippen LogP) is 2.18. The third kappa shape index (κ3) is 10.6. The number of piperidine rings is 1. The molecule has 8 nitrogen and oxygen atoms in total. The lowest BCUT2D eigenvalue weighted by Gasteiger charge is -2.34. The molecule has 1 aromatic heterocycles. The molecule has 0 unspecified atom stereocenters. The van der Waals surface area contributed by atoms with Crippen molar-refractivity contribution in [3.63, 3.8) is 0 Å². The number of likely N-dealkylation sites (N-methyl/N-ethyl adjacent to an activating group) is 1. The normalized spacial score (nSPS) is 14.8. The number of carbonyl (C=O) groups is 1. The number of aromatic nitrogens is 1. The number of hydrogen-bond acceptors (Lipinski definition) is 5. The van der Waals surface area contributed by atoms with Gasteiger partial charge in [-0.3, -0.25) is 9.78 Å². The van der Waals surface area contributed by atoms with Crippen LogP contribution in [0.2, 0.25) is 0 Å². The molecule has 2 rings (SSSR count). The van der Waals surface area contributed by atoms with Crippen molar-refractivity contribution in [3.05, 3.63) is 30.1 Å². The maximum absolute atomic E-state index is 12.5. The van der Waals surface area contributed by atoms with Crippen molar-refractivity contribution >= 4 is 35.8 Å². The predicted molar refractivity (Wildman–Crippen MR) is 134 cm³/mol. The Kier molecular flexibility index (Phi) is 14.4. The average Bonchev–Trinajstić information content (AvgIpc) is 2.79. The number of likely N-dealkylation sites (tertiary alicyclic amines) is 1. The molecular formula is C22H38IN5O3. The largest absolute Gasteiger partial charge is 0.385 e. The fourth-order valence-corrected chi connectivity index (χ4v) is 3.33. The van der Waals surface area contributed by atoms with Gasteiger partial charge in [0.2, 0.25) is 5.91 Å². The van der Waals surface area contributed by atoms with E-state index < -0.39 is 0 Å². The minimum Gasteiger partial charge on any atom is -0.385 e. The van der Waals surface area contributed by atoms with Gasteiger partial charge in [0.25, 0.3) is 0 Å². The van der Waals surface area contributed by atoms with Crippen LogP contribution in [0.4, 0.5) is 0 Å². The van der Waals surface area contributed by atoms with Crippen molar-refractivity contribution < 1.29 is 14.3 Å². The molecule has 1 aliphatic heterocycles. The van der Waals surface area contributed by atoms with Crippen molar-refractivity contribution in [2.24, 2.45) is 4.99 Å². The van der Waals surface area contributed by atoms with Gasteiger partial charge in [0.05, 0.1) is 6.10 Å². The molecule has 1 aliphatic rings. The summed E-state index contributed by atoms with van der Waals surface area (Å²) in [4.78, 5) is 25.3. The third-order valence-corrected chi connectivity index (χ3v) is 5.14. The monoisotopic (exact) mass is 547 g/mol. The fraction of sp³-hybridized carbons (Fsp3) is 0.682. The van der Waals surface area contributed by atoms with Crippen LogP contribution in [0.15, 0.2) is 29.4 Å². The maximum Gasteiger partial charge on any atom is 0.244 e. The van der Waals surface area contributed by atoms with Gasteiger partial charge >= 0.3 is 0 Å². The highest BCUT2D eigenvalue weighted by Crippen LogP contribution is 2.14. The van der Waals surface area contributed by atoms with Gasteiger partial charge < -0.3 is 24.6 Å². The van der Waals surface area contributed by atoms with E-state index in [1.54, 1.807) is 18.2 Å². The first-order valence-electron chi connectivity index (χ1n) is 10.9. The smallest absolute Gasteiger partial charge is 0.244 e. The van der Waals surface area contributed by atoms with E-state index in [1.807, 2.05) is 32.2 Å². The lowest BCUT2D eigenvalue weighted by molar-refractivity contribution is -0.128. The zero-order chi connectivity index (χ0) is 21.6. The van der Waals surface area contributed by atoms with Crippen LogP contribution in [0.1, 0.15) is 31.9 Å². The topological polar surface area (TPSA) is 79.3 Å². The molecule has 9 heteroatoms. The zero-order valence-corrected chi connectivity index (χ0v) is 21.4. The van der Waals surface area contributed by atoms with Crippen LogP contribution in [-0.4, -0.2) is 92.8 Å². The number of pyridine rings is 1. The van der Waals surface area contributed by atoms with Gasteiger partial charge in [-0.15, -0.1) is 24.0 Å². The number of nitrogens with zero attached hydrogens (tertiary/aromatic N) is 4. The SMILES string of the molecule is CCNC(=NCC(=O)N(C)CCc1ccccn1)N1CCC(OCCCOC)CC1.I. The molecule has 0 radical (unpaired) electrons. The number of rotatable bonds is 11. The van der Waals surface area contributed by atoms with Crippen molar-refractivity contribution in [2.75, 3.05) is 60.1 Å². The summed E-state index contributed by atoms with van der Waals surface area (Å²) in [5, 5.41) is 3.32. The summed E-state index contributed by atoms with van der Waals surface area (Å²) in [7, 11) is 3.53. The Balaban J connectivity index is 0.00000480. The summed E-state index contributed by atoms with van der Waals surface area (Å²) < 4.78 is 11.0. The second-order valence-corrected chi connectivity index (χ2v) is 7.46. The molecule has 1 fully saturated rings. The van der Waals surface area contributed by atoms with E-state index in [4.69, 9.17) is 9.47 Å². The van der Waals surface area contributed by atoms with Gasteiger partial charge in [0, 0.05) is 71.9 Å². The molecule has 0 atom stereocenters. The van der Waals surface area contributed by atoms with E-state index >= 15 is 0 Å². The summed E-state index contributed by atoms with van der Waals surface area (Å²) in [6.45, 7) is 6.83. The van der Waals surface area contributed by atoms with Gasteiger partial charge in [-0.1, -0.05) is 6.07 Å². The van der Waals surface area contributed by atoms with Crippen LogP contribution in [0.3, 0.4) is 0 Å². The minimum absolute atomic E-state index is 0. The van der Waals surface area contributed by atoms with Gasteiger partial charge in [0.1, 0.15) is 6.54 Å². The lowest BCUT2D eigenvalue weighted by Crippen LogP contribution is -2.47. The van der Waals surface area contributed by atoms with Crippen LogP contribution < -0.4 is 5.32 Å². The molecule has 1 amide bonds. The Hall–Kier alpha value is -1.46. The van der Waals surface area contributed by atoms with E-state index in [2.05, 4.69) is 20.2 Å². The van der Waals surface area contributed by atoms with Crippen molar-refractivity contribution in [3.8, 4) is 0 Å². The average molecular weight is 547 g/mol. The van der Waals surface area contributed by atoms with Gasteiger partial charge in [0.15, 0.2) is 5.96 Å². The molecular weight excluding hydrogens is 509 g/mol. The number of halogens is 1. The highest BCUT2D eigenvalue weighted by Gasteiger charge is 2.22. The molecule has 1 N–H and O–H groups in total. The Morgan fingerprint density at radius 1 is 1.32 bits per heavy atom. The number of nitrogens with one attached hydrogen (secondary N) is 1. The van der Waals surface area contributed by atoms with E-state index in [0.717, 1.165) is 70.2 Å². The number of carbonyl (C=O) groups excluding carboxylic acids is 1. The summed E-state index contributed by atoms with van der Waals surface area (Å²) in [6, 6.07) is 5.83. The first-order valence-corrected chi connectivity index (χ1v) is 10.9. The first kappa shape index (κ1) is 27.6. The second kappa shape index (κ2) is 16.2. The van der Waals surface area contributed by atoms with E-state index in [9.17, 15) is 4.79 Å². The van der Waals surface area contributed by atoms with Gasteiger partial charge in [-0.05, 0) is 38.3 Å². The number of aliphatic imine (C=N–C) groups is 1. The Morgan fingerprint density at radius 3 is 2.74 bits per heavy atom. The molecule has 1 aromatic rings. The third-order valence-electron chi connectivity index (χ3n) is 5.14. The lowest BCUT2D eigenvalue weighted by atomic mass is 10.1. The summed E-state index contributed by atoms with van der Waals surface area (Å²) >= 11 is 0. The Bertz CT molecular complexity index is 639. The molecule has 0 aromatic carbocycles. The van der Waals surface area contributed by atoms with Crippen molar-refractivity contribution in [1.82, 2.24) is 20.1 Å². The van der Waals surface area contributed by atoms with Crippen molar-refractivity contribution in [1.29, 1.82) is 0 Å². The van der Waals surface area contributed by atoms with E-state index in [1.165, 1.54) is 0 Å². The summed E-state index contributed by atoms with van der Waals surface area (Å²) in [5.74, 6) is 0.819. The van der Waals surface area contributed by atoms with Crippen LogP contribution in [0.5, 0.6) is 0 Å². The summed E-state index contributed by atoms with van der Waals surface area (Å²) in [5.41, 5.74) is 0.987. The van der Waals surface area contributed by atoms with Crippen LogP contribution in [0, 0.1) is 0 Å². The molecule has 176 valence electrons. The minimum atomic E-state index is 0. The number of amides is 1. The second-order valence-electron chi connectivity index (χ2n) is 7.46. The standard InChI is InChI=1S/C22H37N5O3.HI/c1-4-23-22(27-14-10-20(11-15-27)30-17-7-16-29-3)25-18-21(28)26(2)13-9-19-8-5-6-12-24-19;/h5-6,8,12,20H,4,7,9-11,13-18H2,1-3H3,(H,23,25);1H. The molecule has 0 bridgehead atoms. The number of ether oxygens (including phenoxy) is 2. The Labute approximate surface area is 203 Å². The highest BCUT2D eigenvalue weighted by molar-refractivity contribution is 14.0. The highest BCUT2D eigenvalue weighted by atomic mass is 127. The van der Waals surface area contributed by atoms with Gasteiger partial charge in [-0.2, -0.15) is 0 Å². The van der Waals surface area contributed by atoms with Crippen LogP contribution in [0.25, 0.3) is 0 Å². The maximum atomic E-state index is 12.5. The van der Waals surface area contributed by atoms with E-state index in [0.29, 0.717) is 12.6 Å². The zero-order valence-electron chi connectivity index (χ0n) is 19.1. The van der Waals surface area contributed by atoms with E-state index in [-0.39, 0.29) is 36.4 Å². The fourth-order valence-electron chi connectivity index (χ4n) is 3.33. The molecule has 0 saturated carbocycles. The molecule has 2 heterocycles. The number of guanidine groups is 1.